The highest BCUT2D eigenvalue weighted by atomic mass is 35.5. The monoisotopic (exact) mass is 618 g/mol. The topological polar surface area (TPSA) is 74.8 Å². The second kappa shape index (κ2) is 13.6. The fraction of sp³-hybridized carbons (Fsp3) is 0.343. The average molecular weight is 619 g/mol. The number of halogens is 2. The quantitative estimate of drug-likeness (QED) is 0.286. The van der Waals surface area contributed by atoms with Gasteiger partial charge in [-0.15, -0.1) is 0 Å². The van der Waals surface area contributed by atoms with Crippen molar-refractivity contribution in [1.82, 2.24) is 14.8 Å². The molecule has 1 aromatic heterocycles. The van der Waals surface area contributed by atoms with E-state index in [4.69, 9.17) is 21.3 Å². The number of ether oxygens (including phenoxy) is 1. The summed E-state index contributed by atoms with van der Waals surface area (Å²) in [6.07, 6.45) is 5.63. The summed E-state index contributed by atoms with van der Waals surface area (Å²) in [5.41, 5.74) is 5.08. The molecule has 0 atom stereocenters. The second-order valence-electron chi connectivity index (χ2n) is 11.5. The molecule has 2 aliphatic rings. The highest BCUT2D eigenvalue weighted by molar-refractivity contribution is 6.36. The number of benzene rings is 2. The minimum absolute atomic E-state index is 0.0608. The van der Waals surface area contributed by atoms with Crippen LogP contribution in [0.25, 0.3) is 22.4 Å². The Morgan fingerprint density at radius 2 is 1.86 bits per heavy atom. The van der Waals surface area contributed by atoms with Crippen LogP contribution in [0.4, 0.5) is 10.1 Å². The molecule has 0 saturated carbocycles. The number of aryl methyl sites for hydroxylation is 1. The maximum Gasteiger partial charge on any atom is 0.266 e. The minimum Gasteiger partial charge on any atom is -0.481 e. The van der Waals surface area contributed by atoms with Crippen molar-refractivity contribution in [3.05, 3.63) is 88.1 Å². The summed E-state index contributed by atoms with van der Waals surface area (Å²) in [7, 11) is 4.84. The molecule has 3 aromatic rings. The van der Waals surface area contributed by atoms with Crippen LogP contribution in [0.3, 0.4) is 0 Å². The Morgan fingerprint density at radius 3 is 2.52 bits per heavy atom. The normalized spacial score (nSPS) is 14.3. The Bertz CT molecular complexity index is 1650. The van der Waals surface area contributed by atoms with Gasteiger partial charge in [-0.1, -0.05) is 63.6 Å². The summed E-state index contributed by atoms with van der Waals surface area (Å²) in [6.45, 7) is 12.2. The zero-order valence-corrected chi connectivity index (χ0v) is 27.2. The lowest BCUT2D eigenvalue weighted by molar-refractivity contribution is -0.128. The number of hydrogen-bond acceptors (Lipinski definition) is 5. The van der Waals surface area contributed by atoms with Crippen molar-refractivity contribution < 1.29 is 18.7 Å². The van der Waals surface area contributed by atoms with Gasteiger partial charge in [-0.05, 0) is 61.4 Å². The van der Waals surface area contributed by atoms with E-state index in [1.165, 1.54) is 35.2 Å². The molecule has 9 heteroatoms. The van der Waals surface area contributed by atoms with Crippen LogP contribution in [0.2, 0.25) is 5.02 Å². The van der Waals surface area contributed by atoms with Crippen LogP contribution in [0.1, 0.15) is 50.3 Å². The number of rotatable bonds is 6. The van der Waals surface area contributed by atoms with Crippen molar-refractivity contribution in [2.24, 2.45) is 5.92 Å². The van der Waals surface area contributed by atoms with Gasteiger partial charge in [0.25, 0.3) is 11.8 Å². The molecular formula is C35H40ClFN4O3. The Hall–Kier alpha value is -4.17. The number of nitrogens with one attached hydrogen (secondary N) is 1. The number of carbonyl (C=O) groups is 2. The first kappa shape index (κ1) is 32.7. The van der Waals surface area contributed by atoms with Gasteiger partial charge in [-0.3, -0.25) is 14.5 Å². The zero-order valence-electron chi connectivity index (χ0n) is 26.5. The van der Waals surface area contributed by atoms with Gasteiger partial charge in [0.15, 0.2) is 0 Å². The third-order valence-electron chi connectivity index (χ3n) is 8.16. The van der Waals surface area contributed by atoms with Crippen molar-refractivity contribution >= 4 is 29.1 Å². The first-order valence-electron chi connectivity index (χ1n) is 14.8. The van der Waals surface area contributed by atoms with E-state index in [1.54, 1.807) is 45.2 Å². The molecule has 0 saturated heterocycles. The van der Waals surface area contributed by atoms with Crippen LogP contribution in [0.15, 0.2) is 60.6 Å². The molecule has 232 valence electrons. The number of carbonyl (C=O) groups excluding carboxylic acids is 2. The summed E-state index contributed by atoms with van der Waals surface area (Å²) < 4.78 is 20.9. The van der Waals surface area contributed by atoms with Gasteiger partial charge in [0.2, 0.25) is 5.88 Å². The predicted octanol–water partition coefficient (Wildman–Crippen LogP) is 7.76. The number of amides is 2. The summed E-state index contributed by atoms with van der Waals surface area (Å²) in [4.78, 5) is 33.4. The molecule has 0 spiro atoms. The van der Waals surface area contributed by atoms with Gasteiger partial charge in [0.1, 0.15) is 17.2 Å². The highest BCUT2D eigenvalue weighted by Crippen LogP contribution is 2.42. The van der Waals surface area contributed by atoms with E-state index in [0.717, 1.165) is 30.7 Å². The number of nitrogens with zero attached hydrogens (tertiary/aromatic N) is 3. The molecule has 0 bridgehead atoms. The summed E-state index contributed by atoms with van der Waals surface area (Å²) >= 11 is 6.91. The molecule has 2 heterocycles. The Morgan fingerprint density at radius 1 is 1.18 bits per heavy atom. The van der Waals surface area contributed by atoms with Crippen molar-refractivity contribution in [2.45, 2.75) is 53.4 Å². The highest BCUT2D eigenvalue weighted by Gasteiger charge is 2.30. The van der Waals surface area contributed by atoms with E-state index < -0.39 is 17.6 Å². The lowest BCUT2D eigenvalue weighted by Crippen LogP contribution is -2.41. The molecule has 2 amide bonds. The van der Waals surface area contributed by atoms with Gasteiger partial charge in [0, 0.05) is 48.2 Å². The molecule has 5 rings (SSSR count). The smallest absolute Gasteiger partial charge is 0.266 e. The van der Waals surface area contributed by atoms with E-state index in [-0.39, 0.29) is 11.1 Å². The summed E-state index contributed by atoms with van der Waals surface area (Å²) in [6, 6.07) is 10.1. The van der Waals surface area contributed by atoms with E-state index >= 15 is 4.39 Å². The number of fused-ring (bicyclic) bond motifs is 1. The molecule has 2 aromatic carbocycles. The lowest BCUT2D eigenvalue weighted by atomic mass is 9.95. The van der Waals surface area contributed by atoms with Crippen molar-refractivity contribution in [3.8, 4) is 28.3 Å². The van der Waals surface area contributed by atoms with Crippen LogP contribution >= 0.6 is 11.6 Å². The average Bonchev–Trinajstić information content (AvgIpc) is 3.49. The lowest BCUT2D eigenvalue weighted by Gasteiger charge is -2.31. The number of pyridine rings is 1. The van der Waals surface area contributed by atoms with Gasteiger partial charge in [-0.2, -0.15) is 0 Å². The number of aromatic nitrogens is 1. The SMILES string of the molecule is C=C1N(C)C=C(C(=O)Nc2ccc(F)c(-c3cccc(-c4cc5c(c(OC)n4)CCC5)c3Cl)c2C)C(=O)N1C.CCC(C)C. The van der Waals surface area contributed by atoms with Gasteiger partial charge < -0.3 is 15.0 Å². The third-order valence-corrected chi connectivity index (χ3v) is 8.57. The molecule has 0 fully saturated rings. The minimum atomic E-state index is -0.610. The zero-order chi connectivity index (χ0) is 32.3. The maximum absolute atomic E-state index is 15.3. The van der Waals surface area contributed by atoms with Crippen molar-refractivity contribution in [3.63, 3.8) is 0 Å². The van der Waals surface area contributed by atoms with Crippen molar-refractivity contribution in [2.75, 3.05) is 26.5 Å². The molecular weight excluding hydrogens is 579 g/mol. The number of hydrogen-bond donors (Lipinski definition) is 1. The largest absolute Gasteiger partial charge is 0.481 e. The molecule has 0 radical (unpaired) electrons. The predicted molar refractivity (Wildman–Crippen MR) is 175 cm³/mol. The van der Waals surface area contributed by atoms with Gasteiger partial charge in [-0.25, -0.2) is 9.37 Å². The van der Waals surface area contributed by atoms with Crippen LogP contribution in [-0.4, -0.2) is 47.8 Å². The standard InChI is InChI=1S/C30H28ClFN4O3.C5H12/c1-16-24(33-28(37)22-15-35(3)17(2)36(4)30(22)38)13-12-23(32)26(16)21-11-7-10-20(27(21)31)25-14-18-8-6-9-19(18)29(34-25)39-5;1-4-5(2)3/h7,10-15H,2,6,8-9H2,1,3-5H3,(H,33,37);5H,4H2,1-3H3. The van der Waals surface area contributed by atoms with Gasteiger partial charge in [0.05, 0.1) is 17.8 Å². The van der Waals surface area contributed by atoms with Crippen LogP contribution in [0, 0.1) is 18.7 Å². The Balaban J connectivity index is 0.000000818. The molecule has 1 N–H and O–H groups in total. The maximum atomic E-state index is 15.3. The van der Waals surface area contributed by atoms with E-state index in [9.17, 15) is 9.59 Å². The van der Waals surface area contributed by atoms with E-state index in [2.05, 4.69) is 32.7 Å². The molecule has 1 aliphatic carbocycles. The van der Waals surface area contributed by atoms with E-state index in [1.807, 2.05) is 12.1 Å². The first-order chi connectivity index (χ1) is 20.9. The molecule has 1 aliphatic heterocycles. The summed E-state index contributed by atoms with van der Waals surface area (Å²) in [5.74, 6) is 0.328. The second-order valence-corrected chi connectivity index (χ2v) is 11.8. The molecule has 44 heavy (non-hydrogen) atoms. The Kier molecular flexibility index (Phi) is 10.1. The third kappa shape index (κ3) is 6.50. The van der Waals surface area contributed by atoms with Gasteiger partial charge >= 0.3 is 0 Å². The number of methoxy groups -OCH3 is 1. The molecule has 7 nitrogen and oxygen atoms in total. The van der Waals surface area contributed by atoms with Crippen molar-refractivity contribution in [1.29, 1.82) is 0 Å². The summed E-state index contributed by atoms with van der Waals surface area (Å²) in [5, 5.41) is 3.10. The fourth-order valence-electron chi connectivity index (χ4n) is 5.12. The van der Waals surface area contributed by atoms with Crippen LogP contribution in [0.5, 0.6) is 5.88 Å². The van der Waals surface area contributed by atoms with Crippen LogP contribution < -0.4 is 10.1 Å². The first-order valence-corrected chi connectivity index (χ1v) is 15.1. The number of likely N-dealkylation sites (N-methyl/N-ethyl adjacent to an activating group) is 1. The fourth-order valence-corrected chi connectivity index (χ4v) is 5.44. The molecule has 0 unspecified atom stereocenters. The Labute approximate surface area is 264 Å². The van der Waals surface area contributed by atoms with E-state index in [0.29, 0.717) is 44.8 Å². The van der Waals surface area contributed by atoms with Crippen LogP contribution in [-0.2, 0) is 22.4 Å². The number of anilines is 1.